The maximum absolute atomic E-state index is 12.5. The van der Waals surface area contributed by atoms with Gasteiger partial charge in [-0.15, -0.1) is 0 Å². The fourth-order valence-corrected chi connectivity index (χ4v) is 2.22. The van der Waals surface area contributed by atoms with Crippen LogP contribution in [-0.4, -0.2) is 25.0 Å². The first kappa shape index (κ1) is 19.4. The van der Waals surface area contributed by atoms with Gasteiger partial charge in [0.1, 0.15) is 5.75 Å². The number of anilines is 1. The number of para-hydroxylation sites is 2. The first-order chi connectivity index (χ1) is 12.4. The van der Waals surface area contributed by atoms with Gasteiger partial charge in [-0.2, -0.15) is 8.78 Å². The predicted molar refractivity (Wildman–Crippen MR) is 94.6 cm³/mol. The lowest BCUT2D eigenvalue weighted by Gasteiger charge is -2.14. The van der Waals surface area contributed by atoms with Gasteiger partial charge < -0.3 is 15.4 Å². The van der Waals surface area contributed by atoms with Gasteiger partial charge in [-0.05, 0) is 30.2 Å². The van der Waals surface area contributed by atoms with Crippen LogP contribution in [-0.2, 0) is 0 Å². The lowest BCUT2D eigenvalue weighted by Crippen LogP contribution is -2.28. The molecule has 2 aromatic carbocycles. The van der Waals surface area contributed by atoms with Crippen molar-refractivity contribution in [1.82, 2.24) is 5.32 Å². The van der Waals surface area contributed by atoms with Crippen LogP contribution in [0.4, 0.5) is 14.5 Å². The van der Waals surface area contributed by atoms with E-state index in [1.807, 2.05) is 13.8 Å². The first-order valence-corrected chi connectivity index (χ1v) is 8.11. The first-order valence-electron chi connectivity index (χ1n) is 8.11. The summed E-state index contributed by atoms with van der Waals surface area (Å²) in [5.74, 6) is -0.933. The minimum atomic E-state index is -3.04. The fourth-order valence-electron chi connectivity index (χ4n) is 2.22. The zero-order valence-corrected chi connectivity index (χ0v) is 14.5. The van der Waals surface area contributed by atoms with E-state index in [4.69, 9.17) is 0 Å². The van der Waals surface area contributed by atoms with E-state index in [2.05, 4.69) is 15.4 Å². The third kappa shape index (κ3) is 5.27. The number of nitrogens with one attached hydrogen (secondary N) is 2. The molecular weight excluding hydrogens is 342 g/mol. The summed E-state index contributed by atoms with van der Waals surface area (Å²) < 4.78 is 29.4. The van der Waals surface area contributed by atoms with Crippen molar-refractivity contribution in [2.45, 2.75) is 20.5 Å². The lowest BCUT2D eigenvalue weighted by molar-refractivity contribution is -0.0501. The summed E-state index contributed by atoms with van der Waals surface area (Å²) in [5.41, 5.74) is 0.518. The molecule has 2 aromatic rings. The van der Waals surface area contributed by atoms with Crippen LogP contribution in [0.15, 0.2) is 48.5 Å². The van der Waals surface area contributed by atoms with E-state index in [0.717, 1.165) is 0 Å². The monoisotopic (exact) mass is 362 g/mol. The van der Waals surface area contributed by atoms with Crippen molar-refractivity contribution in [2.75, 3.05) is 11.9 Å². The summed E-state index contributed by atoms with van der Waals surface area (Å²) in [6, 6.07) is 12.2. The fraction of sp³-hybridized carbons (Fsp3) is 0.263. The van der Waals surface area contributed by atoms with E-state index in [0.29, 0.717) is 6.54 Å². The maximum atomic E-state index is 12.5. The van der Waals surface area contributed by atoms with Gasteiger partial charge >= 0.3 is 6.61 Å². The second-order valence-electron chi connectivity index (χ2n) is 5.98. The molecule has 5 nitrogen and oxygen atoms in total. The molecule has 0 heterocycles. The molecule has 0 spiro atoms. The molecule has 0 saturated heterocycles. The third-order valence-corrected chi connectivity index (χ3v) is 3.44. The summed E-state index contributed by atoms with van der Waals surface area (Å²) >= 11 is 0. The van der Waals surface area contributed by atoms with Crippen LogP contribution in [0.1, 0.15) is 34.6 Å². The number of halogens is 2. The minimum Gasteiger partial charge on any atom is -0.434 e. The lowest BCUT2D eigenvalue weighted by atomic mass is 10.1. The third-order valence-electron chi connectivity index (χ3n) is 3.44. The number of amides is 2. The summed E-state index contributed by atoms with van der Waals surface area (Å²) in [6.45, 7) is 1.38. The topological polar surface area (TPSA) is 67.4 Å². The van der Waals surface area contributed by atoms with Gasteiger partial charge in [0.15, 0.2) is 0 Å². The Hall–Kier alpha value is -2.96. The Morgan fingerprint density at radius 1 is 0.962 bits per heavy atom. The standard InChI is InChI=1S/C19H20F2N2O3/c1-12(2)11-22-17(24)13-7-3-5-9-15(13)23-18(25)14-8-4-6-10-16(14)26-19(20)21/h3-10,12,19H,11H2,1-2H3,(H,22,24)(H,23,25). The van der Waals surface area contributed by atoms with Gasteiger partial charge in [0.05, 0.1) is 16.8 Å². The number of carbonyl (C=O) groups excluding carboxylic acids is 2. The highest BCUT2D eigenvalue weighted by Crippen LogP contribution is 2.23. The molecule has 2 N–H and O–H groups in total. The van der Waals surface area contributed by atoms with Crippen molar-refractivity contribution >= 4 is 17.5 Å². The molecule has 0 aliphatic heterocycles. The second-order valence-corrected chi connectivity index (χ2v) is 5.98. The van der Waals surface area contributed by atoms with Crippen molar-refractivity contribution < 1.29 is 23.1 Å². The number of hydrogen-bond acceptors (Lipinski definition) is 3. The van der Waals surface area contributed by atoms with E-state index in [-0.39, 0.29) is 34.4 Å². The van der Waals surface area contributed by atoms with E-state index in [1.54, 1.807) is 24.3 Å². The van der Waals surface area contributed by atoms with Gasteiger partial charge in [-0.25, -0.2) is 0 Å². The van der Waals surface area contributed by atoms with Gasteiger partial charge in [-0.1, -0.05) is 38.1 Å². The molecule has 138 valence electrons. The minimum absolute atomic E-state index is 0.0507. The van der Waals surface area contributed by atoms with Crippen LogP contribution >= 0.6 is 0 Å². The Morgan fingerprint density at radius 2 is 1.58 bits per heavy atom. The number of carbonyl (C=O) groups is 2. The second kappa shape index (κ2) is 8.94. The average Bonchev–Trinajstić information content (AvgIpc) is 2.60. The Morgan fingerprint density at radius 3 is 2.23 bits per heavy atom. The molecule has 0 aliphatic carbocycles. The highest BCUT2D eigenvalue weighted by atomic mass is 19.3. The van der Waals surface area contributed by atoms with Crippen LogP contribution in [0, 0.1) is 5.92 Å². The Balaban J connectivity index is 2.21. The molecule has 26 heavy (non-hydrogen) atoms. The number of benzene rings is 2. The Bertz CT molecular complexity index is 779. The molecule has 0 aliphatic rings. The van der Waals surface area contributed by atoms with Crippen molar-refractivity contribution in [1.29, 1.82) is 0 Å². The zero-order valence-electron chi connectivity index (χ0n) is 14.5. The van der Waals surface area contributed by atoms with Gasteiger partial charge in [0, 0.05) is 6.54 Å². The van der Waals surface area contributed by atoms with Crippen LogP contribution in [0.2, 0.25) is 0 Å². The van der Waals surface area contributed by atoms with Gasteiger partial charge in [0.25, 0.3) is 11.8 Å². The molecular formula is C19H20F2N2O3. The van der Waals surface area contributed by atoms with Gasteiger partial charge in [0.2, 0.25) is 0 Å². The van der Waals surface area contributed by atoms with Crippen LogP contribution in [0.5, 0.6) is 5.75 Å². The normalized spacial score (nSPS) is 10.7. The van der Waals surface area contributed by atoms with E-state index >= 15 is 0 Å². The number of alkyl halides is 2. The number of ether oxygens (including phenoxy) is 1. The van der Waals surface area contributed by atoms with Crippen LogP contribution in [0.3, 0.4) is 0 Å². The molecule has 7 heteroatoms. The summed E-state index contributed by atoms with van der Waals surface area (Å²) in [4.78, 5) is 24.8. The highest BCUT2D eigenvalue weighted by molar-refractivity contribution is 6.10. The average molecular weight is 362 g/mol. The smallest absolute Gasteiger partial charge is 0.387 e. The van der Waals surface area contributed by atoms with E-state index in [9.17, 15) is 18.4 Å². The molecule has 2 rings (SSSR count). The highest BCUT2D eigenvalue weighted by Gasteiger charge is 2.18. The summed E-state index contributed by atoms with van der Waals surface area (Å²) in [7, 11) is 0. The molecule has 0 aromatic heterocycles. The van der Waals surface area contributed by atoms with Crippen molar-refractivity contribution in [2.24, 2.45) is 5.92 Å². The zero-order chi connectivity index (χ0) is 19.1. The quantitative estimate of drug-likeness (QED) is 0.784. The molecule has 2 amide bonds. The number of hydrogen-bond donors (Lipinski definition) is 2. The molecule has 0 saturated carbocycles. The molecule has 0 unspecified atom stereocenters. The Kier molecular flexibility index (Phi) is 6.66. The predicted octanol–water partition coefficient (Wildman–Crippen LogP) is 3.93. The van der Waals surface area contributed by atoms with Crippen LogP contribution < -0.4 is 15.4 Å². The molecule has 0 radical (unpaired) electrons. The largest absolute Gasteiger partial charge is 0.434 e. The van der Waals surface area contributed by atoms with E-state index in [1.165, 1.54) is 24.3 Å². The van der Waals surface area contributed by atoms with E-state index < -0.39 is 12.5 Å². The molecule has 0 atom stereocenters. The maximum Gasteiger partial charge on any atom is 0.387 e. The van der Waals surface area contributed by atoms with Gasteiger partial charge in [-0.3, -0.25) is 9.59 Å². The molecule has 0 fully saturated rings. The summed E-state index contributed by atoms with van der Waals surface area (Å²) in [6.07, 6.45) is 0. The Labute approximate surface area is 150 Å². The van der Waals surface area contributed by atoms with Crippen molar-refractivity contribution in [3.05, 3.63) is 59.7 Å². The SMILES string of the molecule is CC(C)CNC(=O)c1ccccc1NC(=O)c1ccccc1OC(F)F. The number of rotatable bonds is 7. The van der Waals surface area contributed by atoms with Crippen molar-refractivity contribution in [3.63, 3.8) is 0 Å². The summed E-state index contributed by atoms with van der Waals surface area (Å²) in [5, 5.41) is 5.36. The molecule has 0 bridgehead atoms. The van der Waals surface area contributed by atoms with Crippen molar-refractivity contribution in [3.8, 4) is 5.75 Å². The van der Waals surface area contributed by atoms with Crippen LogP contribution in [0.25, 0.3) is 0 Å².